The lowest BCUT2D eigenvalue weighted by atomic mass is 10.1. The standard InChI is InChI=1S/C18H17F3N2O4/c1-2-9-27-16-8-7-13(18(19,20)21)11-14(16)22-17(24)10-12-5-3-4-6-15(12)23(25)26/h3-8,11H,2,9-10H2,1H3,(H,22,24). The van der Waals surface area contributed by atoms with Crippen LogP contribution in [0, 0.1) is 10.1 Å². The maximum absolute atomic E-state index is 12.9. The SMILES string of the molecule is CCCOc1ccc(C(F)(F)F)cc1NC(=O)Cc1ccccc1[N+](=O)[O-]. The highest BCUT2D eigenvalue weighted by atomic mass is 19.4. The molecular formula is C18H17F3N2O4. The summed E-state index contributed by atoms with van der Waals surface area (Å²) in [7, 11) is 0. The lowest BCUT2D eigenvalue weighted by molar-refractivity contribution is -0.385. The summed E-state index contributed by atoms with van der Waals surface area (Å²) in [5.41, 5.74) is -1.16. The van der Waals surface area contributed by atoms with Crippen molar-refractivity contribution in [3.8, 4) is 5.75 Å². The molecule has 0 fully saturated rings. The fraction of sp³-hybridized carbons (Fsp3) is 0.278. The predicted molar refractivity (Wildman–Crippen MR) is 92.7 cm³/mol. The van der Waals surface area contributed by atoms with Crippen LogP contribution in [0.5, 0.6) is 5.75 Å². The van der Waals surface area contributed by atoms with Crippen molar-refractivity contribution in [3.05, 3.63) is 63.7 Å². The minimum atomic E-state index is -4.58. The molecule has 0 aromatic heterocycles. The number of anilines is 1. The molecule has 9 heteroatoms. The first kappa shape index (κ1) is 20.2. The Morgan fingerprint density at radius 1 is 1.22 bits per heavy atom. The van der Waals surface area contributed by atoms with Crippen LogP contribution < -0.4 is 10.1 Å². The number of carbonyl (C=O) groups excluding carboxylic acids is 1. The summed E-state index contributed by atoms with van der Waals surface area (Å²) in [6.07, 6.45) is -4.31. The van der Waals surface area contributed by atoms with Crippen molar-refractivity contribution in [2.75, 3.05) is 11.9 Å². The van der Waals surface area contributed by atoms with E-state index < -0.39 is 22.6 Å². The number of halogens is 3. The summed E-state index contributed by atoms with van der Waals surface area (Å²) < 4.78 is 44.2. The van der Waals surface area contributed by atoms with E-state index in [4.69, 9.17) is 4.74 Å². The Morgan fingerprint density at radius 2 is 1.93 bits per heavy atom. The van der Waals surface area contributed by atoms with Crippen molar-refractivity contribution in [1.82, 2.24) is 0 Å². The predicted octanol–water partition coefficient (Wildman–Crippen LogP) is 4.58. The molecule has 2 aromatic rings. The Morgan fingerprint density at radius 3 is 2.56 bits per heavy atom. The van der Waals surface area contributed by atoms with Gasteiger partial charge in [0.15, 0.2) is 0 Å². The van der Waals surface area contributed by atoms with Gasteiger partial charge in [-0.25, -0.2) is 0 Å². The molecule has 6 nitrogen and oxygen atoms in total. The monoisotopic (exact) mass is 382 g/mol. The highest BCUT2D eigenvalue weighted by molar-refractivity contribution is 5.94. The summed E-state index contributed by atoms with van der Waals surface area (Å²) in [5, 5.41) is 13.4. The highest BCUT2D eigenvalue weighted by Crippen LogP contribution is 2.35. The van der Waals surface area contributed by atoms with Crippen molar-refractivity contribution >= 4 is 17.3 Å². The maximum Gasteiger partial charge on any atom is 0.416 e. The lowest BCUT2D eigenvalue weighted by Gasteiger charge is -2.15. The first-order valence-electron chi connectivity index (χ1n) is 8.08. The quantitative estimate of drug-likeness (QED) is 0.561. The molecule has 0 saturated carbocycles. The van der Waals surface area contributed by atoms with Crippen molar-refractivity contribution in [2.45, 2.75) is 25.9 Å². The molecule has 0 radical (unpaired) electrons. The third-order valence-corrected chi connectivity index (χ3v) is 3.58. The lowest BCUT2D eigenvalue weighted by Crippen LogP contribution is -2.17. The van der Waals surface area contributed by atoms with Crippen LogP contribution in [0.4, 0.5) is 24.5 Å². The first-order valence-corrected chi connectivity index (χ1v) is 8.08. The number of ether oxygens (including phenoxy) is 1. The molecule has 0 atom stereocenters. The normalized spacial score (nSPS) is 11.1. The number of hydrogen-bond acceptors (Lipinski definition) is 4. The van der Waals surface area contributed by atoms with Gasteiger partial charge in [0.05, 0.1) is 29.2 Å². The zero-order chi connectivity index (χ0) is 20.0. The fourth-order valence-electron chi connectivity index (χ4n) is 2.35. The summed E-state index contributed by atoms with van der Waals surface area (Å²) >= 11 is 0. The molecule has 0 unspecified atom stereocenters. The van der Waals surface area contributed by atoms with E-state index in [1.54, 1.807) is 0 Å². The van der Waals surface area contributed by atoms with E-state index in [-0.39, 0.29) is 35.7 Å². The van der Waals surface area contributed by atoms with E-state index >= 15 is 0 Å². The summed E-state index contributed by atoms with van der Waals surface area (Å²) in [6.45, 7) is 2.09. The molecular weight excluding hydrogens is 365 g/mol. The van der Waals surface area contributed by atoms with Crippen LogP contribution in [0.2, 0.25) is 0 Å². The zero-order valence-corrected chi connectivity index (χ0v) is 14.4. The fourth-order valence-corrected chi connectivity index (χ4v) is 2.35. The van der Waals surface area contributed by atoms with Gasteiger partial charge in [-0.2, -0.15) is 13.2 Å². The molecule has 1 N–H and O–H groups in total. The number of nitro benzene ring substituents is 1. The van der Waals surface area contributed by atoms with E-state index in [2.05, 4.69) is 5.32 Å². The van der Waals surface area contributed by atoms with Crippen LogP contribution in [-0.4, -0.2) is 17.4 Å². The average Bonchev–Trinajstić information content (AvgIpc) is 2.60. The smallest absolute Gasteiger partial charge is 0.416 e. The Hall–Kier alpha value is -3.10. The highest BCUT2D eigenvalue weighted by Gasteiger charge is 2.31. The van der Waals surface area contributed by atoms with Gasteiger partial charge in [0, 0.05) is 11.6 Å². The van der Waals surface area contributed by atoms with Crippen molar-refractivity contribution in [1.29, 1.82) is 0 Å². The van der Waals surface area contributed by atoms with Crippen LogP contribution in [0.1, 0.15) is 24.5 Å². The Labute approximate surface area is 153 Å². The van der Waals surface area contributed by atoms with Gasteiger partial charge < -0.3 is 10.1 Å². The topological polar surface area (TPSA) is 81.5 Å². The molecule has 0 aliphatic heterocycles. The Bertz CT molecular complexity index is 838. The molecule has 0 aliphatic carbocycles. The van der Waals surface area contributed by atoms with E-state index in [0.717, 1.165) is 18.2 Å². The van der Waals surface area contributed by atoms with Crippen molar-refractivity contribution in [3.63, 3.8) is 0 Å². The number of nitro groups is 1. The minimum Gasteiger partial charge on any atom is -0.491 e. The average molecular weight is 382 g/mol. The minimum absolute atomic E-state index is 0.0979. The molecule has 0 aliphatic rings. The van der Waals surface area contributed by atoms with Gasteiger partial charge in [0.2, 0.25) is 5.91 Å². The van der Waals surface area contributed by atoms with Crippen LogP contribution in [0.15, 0.2) is 42.5 Å². The van der Waals surface area contributed by atoms with Gasteiger partial charge in [-0.3, -0.25) is 14.9 Å². The second kappa shape index (κ2) is 8.52. The van der Waals surface area contributed by atoms with Crippen LogP contribution >= 0.6 is 0 Å². The molecule has 2 aromatic carbocycles. The molecule has 0 saturated heterocycles. The molecule has 0 heterocycles. The molecule has 2 rings (SSSR count). The van der Waals surface area contributed by atoms with E-state index in [0.29, 0.717) is 6.42 Å². The van der Waals surface area contributed by atoms with Crippen molar-refractivity contribution < 1.29 is 27.6 Å². The van der Waals surface area contributed by atoms with Gasteiger partial charge in [-0.15, -0.1) is 0 Å². The summed E-state index contributed by atoms with van der Waals surface area (Å²) in [4.78, 5) is 22.7. The number of para-hydroxylation sites is 1. The number of carbonyl (C=O) groups is 1. The summed E-state index contributed by atoms with van der Waals surface area (Å²) in [5.74, 6) is -0.592. The number of nitrogens with zero attached hydrogens (tertiary/aromatic N) is 1. The second-order valence-electron chi connectivity index (χ2n) is 5.67. The third kappa shape index (κ3) is 5.44. The van der Waals surface area contributed by atoms with E-state index in [9.17, 15) is 28.1 Å². The van der Waals surface area contributed by atoms with E-state index in [1.165, 1.54) is 24.3 Å². The van der Waals surface area contributed by atoms with Gasteiger partial charge in [0.1, 0.15) is 5.75 Å². The second-order valence-corrected chi connectivity index (χ2v) is 5.67. The van der Waals surface area contributed by atoms with Gasteiger partial charge in [0.25, 0.3) is 5.69 Å². The molecule has 1 amide bonds. The molecule has 144 valence electrons. The number of rotatable bonds is 7. The molecule has 27 heavy (non-hydrogen) atoms. The van der Waals surface area contributed by atoms with Crippen LogP contribution in [0.3, 0.4) is 0 Å². The summed E-state index contributed by atoms with van der Waals surface area (Å²) in [6, 6.07) is 8.45. The van der Waals surface area contributed by atoms with E-state index in [1.807, 2.05) is 6.92 Å². The molecule has 0 bridgehead atoms. The Balaban J connectivity index is 2.26. The molecule has 0 spiro atoms. The third-order valence-electron chi connectivity index (χ3n) is 3.58. The van der Waals surface area contributed by atoms with Crippen molar-refractivity contribution in [2.24, 2.45) is 0 Å². The van der Waals surface area contributed by atoms with Crippen LogP contribution in [-0.2, 0) is 17.4 Å². The first-order chi connectivity index (χ1) is 12.7. The van der Waals surface area contributed by atoms with Gasteiger partial charge >= 0.3 is 6.18 Å². The van der Waals surface area contributed by atoms with Crippen LogP contribution in [0.25, 0.3) is 0 Å². The number of alkyl halides is 3. The maximum atomic E-state index is 12.9. The number of benzene rings is 2. The zero-order valence-electron chi connectivity index (χ0n) is 14.4. The largest absolute Gasteiger partial charge is 0.491 e. The number of nitrogens with one attached hydrogen (secondary N) is 1. The van der Waals surface area contributed by atoms with Gasteiger partial charge in [-0.05, 0) is 24.6 Å². The Kier molecular flexibility index (Phi) is 6.38. The van der Waals surface area contributed by atoms with Gasteiger partial charge in [-0.1, -0.05) is 25.1 Å². The number of hydrogen-bond donors (Lipinski definition) is 1. The number of amides is 1.